The molecule has 0 bridgehead atoms. The average Bonchev–Trinajstić information content (AvgIpc) is 2.75. The zero-order valence-electron chi connectivity index (χ0n) is 10.5. The molecule has 0 saturated heterocycles. The van der Waals surface area contributed by atoms with Crippen LogP contribution in [0.15, 0.2) is 0 Å². The number of anilines is 1. The molecule has 9 nitrogen and oxygen atoms in total. The monoisotopic (exact) mass is 268 g/mol. The third kappa shape index (κ3) is 3.63. The van der Waals surface area contributed by atoms with E-state index in [1.165, 1.54) is 4.80 Å². The van der Waals surface area contributed by atoms with Gasteiger partial charge in [-0.2, -0.15) is 4.80 Å². The lowest BCUT2D eigenvalue weighted by Crippen LogP contribution is -2.41. The highest BCUT2D eigenvalue weighted by molar-refractivity contribution is 5.87. The molecule has 0 atom stereocenters. The number of aromatic nitrogens is 4. The van der Waals surface area contributed by atoms with Gasteiger partial charge in [0.05, 0.1) is 13.0 Å². The van der Waals surface area contributed by atoms with Crippen molar-refractivity contribution in [3.63, 3.8) is 0 Å². The topological polar surface area (TPSA) is 122 Å². The lowest BCUT2D eigenvalue weighted by atomic mass is 9.86. The summed E-state index contributed by atoms with van der Waals surface area (Å²) < 4.78 is 0. The quantitative estimate of drug-likeness (QED) is 0.707. The Morgan fingerprint density at radius 3 is 2.53 bits per heavy atom. The van der Waals surface area contributed by atoms with Gasteiger partial charge in [-0.1, -0.05) is 5.10 Å². The highest BCUT2D eigenvalue weighted by Gasteiger charge is 2.26. The number of amides is 2. The second-order valence-corrected chi connectivity index (χ2v) is 4.59. The molecular weight excluding hydrogens is 252 g/mol. The highest BCUT2D eigenvalue weighted by Crippen LogP contribution is 2.24. The summed E-state index contributed by atoms with van der Waals surface area (Å²) >= 11 is 0. The molecule has 3 N–H and O–H groups in total. The van der Waals surface area contributed by atoms with Gasteiger partial charge in [-0.3, -0.25) is 10.1 Å². The molecule has 0 aliphatic heterocycles. The first kappa shape index (κ1) is 13.2. The van der Waals surface area contributed by atoms with Crippen LogP contribution < -0.4 is 10.6 Å². The molecule has 1 heterocycles. The summed E-state index contributed by atoms with van der Waals surface area (Å²) in [4.78, 5) is 23.7. The standard InChI is InChI=1S/C10H16N6O3/c1-16-14-9(13-15-16)12-10(19)11-7-4-2-6(3-5-7)8(17)18/h6-7H,2-5H2,1H3,(H,17,18)(H2,11,12,14,19). The van der Waals surface area contributed by atoms with Gasteiger partial charge in [0.1, 0.15) is 0 Å². The van der Waals surface area contributed by atoms with Gasteiger partial charge in [0.25, 0.3) is 5.95 Å². The Balaban J connectivity index is 1.76. The molecule has 2 rings (SSSR count). The van der Waals surface area contributed by atoms with Crippen LogP contribution in [0.2, 0.25) is 0 Å². The van der Waals surface area contributed by atoms with Crippen LogP contribution in [0.3, 0.4) is 0 Å². The zero-order chi connectivity index (χ0) is 13.8. The van der Waals surface area contributed by atoms with E-state index in [1.54, 1.807) is 7.05 Å². The zero-order valence-corrected chi connectivity index (χ0v) is 10.5. The van der Waals surface area contributed by atoms with Crippen LogP contribution >= 0.6 is 0 Å². The van der Waals surface area contributed by atoms with Crippen molar-refractivity contribution in [2.45, 2.75) is 31.7 Å². The maximum atomic E-state index is 11.6. The molecule has 104 valence electrons. The lowest BCUT2D eigenvalue weighted by molar-refractivity contribution is -0.142. The van der Waals surface area contributed by atoms with Crippen molar-refractivity contribution in [3.05, 3.63) is 0 Å². The number of rotatable bonds is 3. The fourth-order valence-electron chi connectivity index (χ4n) is 2.14. The van der Waals surface area contributed by atoms with Crippen molar-refractivity contribution >= 4 is 17.9 Å². The number of hydrogen-bond acceptors (Lipinski definition) is 5. The number of aryl methyl sites for hydroxylation is 1. The van der Waals surface area contributed by atoms with Gasteiger partial charge in [0, 0.05) is 6.04 Å². The van der Waals surface area contributed by atoms with Crippen molar-refractivity contribution < 1.29 is 14.7 Å². The summed E-state index contributed by atoms with van der Waals surface area (Å²) in [6, 6.07) is -0.404. The van der Waals surface area contributed by atoms with Gasteiger partial charge >= 0.3 is 12.0 Å². The lowest BCUT2D eigenvalue weighted by Gasteiger charge is -2.26. The minimum absolute atomic E-state index is 0.00716. The van der Waals surface area contributed by atoms with E-state index in [4.69, 9.17) is 5.11 Å². The van der Waals surface area contributed by atoms with E-state index in [0.717, 1.165) is 0 Å². The van der Waals surface area contributed by atoms with E-state index in [2.05, 4.69) is 26.0 Å². The number of urea groups is 1. The van der Waals surface area contributed by atoms with Gasteiger partial charge in [-0.05, 0) is 30.9 Å². The number of carbonyl (C=O) groups excluding carboxylic acids is 1. The largest absolute Gasteiger partial charge is 0.481 e. The first-order valence-corrected chi connectivity index (χ1v) is 6.09. The predicted molar refractivity (Wildman–Crippen MR) is 64.3 cm³/mol. The summed E-state index contributed by atoms with van der Waals surface area (Å²) in [5, 5.41) is 25.2. The molecule has 1 aromatic rings. The van der Waals surface area contributed by atoms with Crippen molar-refractivity contribution in [1.82, 2.24) is 25.5 Å². The summed E-state index contributed by atoms with van der Waals surface area (Å²) in [5.74, 6) is -0.909. The van der Waals surface area contributed by atoms with E-state index in [9.17, 15) is 9.59 Å². The molecule has 19 heavy (non-hydrogen) atoms. The Morgan fingerprint density at radius 2 is 2.00 bits per heavy atom. The molecule has 1 saturated carbocycles. The SMILES string of the molecule is Cn1nnc(NC(=O)NC2CCC(C(=O)O)CC2)n1. The maximum absolute atomic E-state index is 11.6. The predicted octanol–water partition coefficient (Wildman–Crippen LogP) is -0.0250. The van der Waals surface area contributed by atoms with Crippen molar-refractivity contribution in [3.8, 4) is 0 Å². The van der Waals surface area contributed by atoms with Crippen LogP contribution in [0.1, 0.15) is 25.7 Å². The van der Waals surface area contributed by atoms with Gasteiger partial charge in [0.2, 0.25) is 0 Å². The van der Waals surface area contributed by atoms with Crippen molar-refractivity contribution in [1.29, 1.82) is 0 Å². The van der Waals surface area contributed by atoms with Crippen LogP contribution in [-0.4, -0.2) is 43.4 Å². The van der Waals surface area contributed by atoms with Crippen LogP contribution in [-0.2, 0) is 11.8 Å². The number of carboxylic acids is 1. The van der Waals surface area contributed by atoms with Gasteiger partial charge in [-0.25, -0.2) is 4.79 Å². The second-order valence-electron chi connectivity index (χ2n) is 4.59. The Bertz CT molecular complexity index is 466. The number of nitrogens with zero attached hydrogens (tertiary/aromatic N) is 4. The Hall–Kier alpha value is -2.19. The molecule has 1 aliphatic carbocycles. The number of carbonyl (C=O) groups is 2. The molecule has 0 aromatic carbocycles. The minimum atomic E-state index is -0.758. The van der Waals surface area contributed by atoms with Crippen LogP contribution in [0, 0.1) is 5.92 Å². The number of tetrazole rings is 1. The summed E-state index contributed by atoms with van der Waals surface area (Å²) in [5.41, 5.74) is 0. The molecule has 1 fully saturated rings. The fourth-order valence-corrected chi connectivity index (χ4v) is 2.14. The number of aliphatic carboxylic acids is 1. The normalized spacial score (nSPS) is 22.8. The third-order valence-electron chi connectivity index (χ3n) is 3.15. The van der Waals surface area contributed by atoms with Crippen molar-refractivity contribution in [2.75, 3.05) is 5.32 Å². The maximum Gasteiger partial charge on any atom is 0.321 e. The van der Waals surface area contributed by atoms with Crippen LogP contribution in [0.4, 0.5) is 10.7 Å². The fraction of sp³-hybridized carbons (Fsp3) is 0.700. The molecule has 0 radical (unpaired) electrons. The number of nitrogens with one attached hydrogen (secondary N) is 2. The second kappa shape index (κ2) is 5.63. The highest BCUT2D eigenvalue weighted by atomic mass is 16.4. The van der Waals surface area contributed by atoms with Crippen LogP contribution in [0.25, 0.3) is 0 Å². The van der Waals surface area contributed by atoms with Gasteiger partial charge in [-0.15, -0.1) is 5.10 Å². The Morgan fingerprint density at radius 1 is 1.32 bits per heavy atom. The molecule has 0 unspecified atom stereocenters. The van der Waals surface area contributed by atoms with E-state index in [-0.39, 0.29) is 17.9 Å². The Kier molecular flexibility index (Phi) is 3.93. The summed E-state index contributed by atoms with van der Waals surface area (Å²) in [6.45, 7) is 0. The molecule has 1 aromatic heterocycles. The van der Waals surface area contributed by atoms with E-state index in [0.29, 0.717) is 25.7 Å². The first-order valence-electron chi connectivity index (χ1n) is 6.09. The van der Waals surface area contributed by atoms with Gasteiger partial charge in [0.15, 0.2) is 0 Å². The average molecular weight is 268 g/mol. The molecule has 0 spiro atoms. The molecule has 2 amide bonds. The summed E-state index contributed by atoms with van der Waals surface area (Å²) in [7, 11) is 1.60. The first-order chi connectivity index (χ1) is 9.04. The summed E-state index contributed by atoms with van der Waals surface area (Å²) in [6.07, 6.45) is 2.50. The molecular formula is C10H16N6O3. The third-order valence-corrected chi connectivity index (χ3v) is 3.15. The Labute approximate surface area is 109 Å². The molecule has 9 heteroatoms. The molecule has 1 aliphatic rings. The smallest absolute Gasteiger partial charge is 0.321 e. The van der Waals surface area contributed by atoms with E-state index >= 15 is 0 Å². The van der Waals surface area contributed by atoms with Crippen molar-refractivity contribution in [2.24, 2.45) is 13.0 Å². The number of hydrogen-bond donors (Lipinski definition) is 3. The van der Waals surface area contributed by atoms with Gasteiger partial charge < -0.3 is 10.4 Å². The van der Waals surface area contributed by atoms with Crippen LogP contribution in [0.5, 0.6) is 0 Å². The van der Waals surface area contributed by atoms with E-state index < -0.39 is 12.0 Å². The number of carboxylic acid groups (broad SMARTS) is 1. The van der Waals surface area contributed by atoms with E-state index in [1.807, 2.05) is 0 Å². The minimum Gasteiger partial charge on any atom is -0.481 e.